The number of nitrogens with two attached hydrogens (primary N) is 1. The molecule has 5 heteroatoms. The molecule has 1 amide bonds. The Morgan fingerprint density at radius 3 is 2.95 bits per heavy atom. The molecule has 0 radical (unpaired) electrons. The van der Waals surface area contributed by atoms with Gasteiger partial charge in [-0.3, -0.25) is 9.78 Å². The predicted molar refractivity (Wildman–Crippen MR) is 80.3 cm³/mol. The Morgan fingerprint density at radius 2 is 2.20 bits per heavy atom. The molecule has 0 spiro atoms. The number of carbonyl (C=O) groups is 1. The zero-order valence-corrected chi connectivity index (χ0v) is 11.6. The number of fused-ring (bicyclic) bond motifs is 1. The summed E-state index contributed by atoms with van der Waals surface area (Å²) in [5.41, 5.74) is 9.99. The number of hydrogen-bond donors (Lipinski definition) is 2. The first-order valence-corrected chi connectivity index (χ1v) is 6.51. The monoisotopic (exact) mass is 270 g/mol. The quantitative estimate of drug-likeness (QED) is 0.655. The molecule has 2 aromatic rings. The topological polar surface area (TPSA) is 80.4 Å². The van der Waals surface area contributed by atoms with Gasteiger partial charge in [0.05, 0.1) is 17.8 Å². The van der Waals surface area contributed by atoms with Gasteiger partial charge in [0.1, 0.15) is 0 Å². The summed E-state index contributed by atoms with van der Waals surface area (Å²) < 4.78 is 0. The Hall–Kier alpha value is -2.27. The molecule has 3 N–H and O–H groups in total. The van der Waals surface area contributed by atoms with E-state index in [1.165, 1.54) is 0 Å². The number of rotatable bonds is 4. The smallest absolute Gasteiger partial charge is 0.257 e. The van der Waals surface area contributed by atoms with Gasteiger partial charge in [-0.2, -0.15) is 5.10 Å². The van der Waals surface area contributed by atoms with Crippen molar-refractivity contribution in [3.05, 3.63) is 42.1 Å². The highest BCUT2D eigenvalue weighted by molar-refractivity contribution is 5.89. The van der Waals surface area contributed by atoms with Gasteiger partial charge in [0.25, 0.3) is 5.91 Å². The van der Waals surface area contributed by atoms with Crippen LogP contribution in [0.3, 0.4) is 0 Å². The van der Waals surface area contributed by atoms with E-state index in [0.29, 0.717) is 0 Å². The van der Waals surface area contributed by atoms with Crippen molar-refractivity contribution in [2.75, 3.05) is 0 Å². The zero-order chi connectivity index (χ0) is 14.5. The number of carbonyl (C=O) groups excluding carboxylic acids is 1. The van der Waals surface area contributed by atoms with Crippen LogP contribution in [0, 0.1) is 5.92 Å². The van der Waals surface area contributed by atoms with Crippen LogP contribution in [0.5, 0.6) is 0 Å². The van der Waals surface area contributed by atoms with Crippen molar-refractivity contribution in [2.24, 2.45) is 16.8 Å². The molecular formula is C15H18N4O. The predicted octanol–water partition coefficient (Wildman–Crippen LogP) is 1.67. The largest absolute Gasteiger partial charge is 0.320 e. The van der Waals surface area contributed by atoms with Gasteiger partial charge < -0.3 is 5.73 Å². The second-order valence-corrected chi connectivity index (χ2v) is 4.96. The van der Waals surface area contributed by atoms with E-state index in [2.05, 4.69) is 15.5 Å². The van der Waals surface area contributed by atoms with Crippen LogP contribution in [-0.2, 0) is 4.79 Å². The van der Waals surface area contributed by atoms with Crippen molar-refractivity contribution in [1.29, 1.82) is 0 Å². The number of nitrogens with one attached hydrogen (secondary N) is 1. The van der Waals surface area contributed by atoms with E-state index in [4.69, 9.17) is 5.73 Å². The summed E-state index contributed by atoms with van der Waals surface area (Å²) in [5, 5.41) is 4.96. The lowest BCUT2D eigenvalue weighted by molar-refractivity contribution is -0.123. The lowest BCUT2D eigenvalue weighted by atomic mass is 10.1. The van der Waals surface area contributed by atoms with Crippen LogP contribution in [0.4, 0.5) is 0 Å². The zero-order valence-electron chi connectivity index (χ0n) is 11.6. The van der Waals surface area contributed by atoms with Crippen LogP contribution in [0.2, 0.25) is 0 Å². The van der Waals surface area contributed by atoms with Gasteiger partial charge in [-0.05, 0) is 29.7 Å². The fourth-order valence-corrected chi connectivity index (χ4v) is 1.72. The van der Waals surface area contributed by atoms with Crippen LogP contribution in [-0.4, -0.2) is 23.1 Å². The van der Waals surface area contributed by atoms with Crippen molar-refractivity contribution >= 4 is 23.0 Å². The van der Waals surface area contributed by atoms with E-state index in [9.17, 15) is 4.79 Å². The number of amides is 1. The minimum atomic E-state index is -0.548. The van der Waals surface area contributed by atoms with Crippen molar-refractivity contribution < 1.29 is 4.79 Å². The molecule has 104 valence electrons. The summed E-state index contributed by atoms with van der Waals surface area (Å²) in [4.78, 5) is 15.9. The molecular weight excluding hydrogens is 252 g/mol. The molecule has 0 saturated carbocycles. The highest BCUT2D eigenvalue weighted by atomic mass is 16.2. The molecule has 1 aromatic carbocycles. The third-order valence-corrected chi connectivity index (χ3v) is 3.04. The summed E-state index contributed by atoms with van der Waals surface area (Å²) in [5.74, 6) is -0.198. The Balaban J connectivity index is 2.04. The Bertz CT molecular complexity index is 637. The van der Waals surface area contributed by atoms with Gasteiger partial charge in [-0.15, -0.1) is 0 Å². The molecule has 0 aliphatic carbocycles. The van der Waals surface area contributed by atoms with Gasteiger partial charge >= 0.3 is 0 Å². The van der Waals surface area contributed by atoms with Gasteiger partial charge in [-0.25, -0.2) is 5.43 Å². The lowest BCUT2D eigenvalue weighted by Gasteiger charge is -2.12. The molecule has 0 aliphatic heterocycles. The van der Waals surface area contributed by atoms with Crippen molar-refractivity contribution in [2.45, 2.75) is 19.9 Å². The Labute approximate surface area is 117 Å². The van der Waals surface area contributed by atoms with E-state index >= 15 is 0 Å². The van der Waals surface area contributed by atoms with E-state index in [1.54, 1.807) is 12.4 Å². The van der Waals surface area contributed by atoms with Gasteiger partial charge in [-0.1, -0.05) is 26.0 Å². The first-order valence-electron chi connectivity index (χ1n) is 6.51. The second-order valence-electron chi connectivity index (χ2n) is 4.96. The standard InChI is InChI=1S/C15H18N4O/c1-10(2)14(16)15(20)19-18-9-11-5-6-13-12(8-11)4-3-7-17-13/h3-10,14H,16H2,1-2H3,(H,19,20)/b18-9-/t14-/m1/s1. The highest BCUT2D eigenvalue weighted by Crippen LogP contribution is 2.11. The lowest BCUT2D eigenvalue weighted by Crippen LogP contribution is -2.42. The second kappa shape index (κ2) is 6.25. The number of hydrazone groups is 1. The molecule has 0 saturated heterocycles. The van der Waals surface area contributed by atoms with Gasteiger partial charge in [0, 0.05) is 11.6 Å². The van der Waals surface area contributed by atoms with E-state index < -0.39 is 6.04 Å². The SMILES string of the molecule is CC(C)[C@@H](N)C(=O)N/N=C\c1ccc2ncccc2c1. The number of nitrogens with zero attached hydrogens (tertiary/aromatic N) is 2. The van der Waals surface area contributed by atoms with E-state index in [1.807, 2.05) is 44.2 Å². The molecule has 1 atom stereocenters. The maximum Gasteiger partial charge on any atom is 0.257 e. The highest BCUT2D eigenvalue weighted by Gasteiger charge is 2.15. The third kappa shape index (κ3) is 3.39. The molecule has 0 bridgehead atoms. The van der Waals surface area contributed by atoms with Crippen LogP contribution >= 0.6 is 0 Å². The number of hydrogen-bond acceptors (Lipinski definition) is 4. The maximum atomic E-state index is 11.6. The molecule has 2 rings (SSSR count). The summed E-state index contributed by atoms with van der Waals surface area (Å²) in [6.07, 6.45) is 3.35. The third-order valence-electron chi connectivity index (χ3n) is 3.04. The number of pyridine rings is 1. The minimum absolute atomic E-state index is 0.0805. The number of aromatic nitrogens is 1. The normalized spacial score (nSPS) is 13.0. The van der Waals surface area contributed by atoms with Crippen LogP contribution in [0.15, 0.2) is 41.6 Å². The average Bonchev–Trinajstić information content (AvgIpc) is 2.46. The van der Waals surface area contributed by atoms with Crippen LogP contribution < -0.4 is 11.2 Å². The summed E-state index contributed by atoms with van der Waals surface area (Å²) in [7, 11) is 0. The average molecular weight is 270 g/mol. The van der Waals surface area contributed by atoms with Gasteiger partial charge in [0.2, 0.25) is 0 Å². The van der Waals surface area contributed by atoms with Crippen LogP contribution in [0.25, 0.3) is 10.9 Å². The molecule has 1 heterocycles. The van der Waals surface area contributed by atoms with Gasteiger partial charge in [0.15, 0.2) is 0 Å². The van der Waals surface area contributed by atoms with Crippen molar-refractivity contribution in [3.8, 4) is 0 Å². The molecule has 20 heavy (non-hydrogen) atoms. The molecule has 0 aliphatic rings. The summed E-state index contributed by atoms with van der Waals surface area (Å²) in [6.45, 7) is 3.79. The first kappa shape index (κ1) is 14.1. The Morgan fingerprint density at radius 1 is 1.40 bits per heavy atom. The number of benzene rings is 1. The first-order chi connectivity index (χ1) is 9.58. The molecule has 0 unspecified atom stereocenters. The van der Waals surface area contributed by atoms with Crippen LogP contribution in [0.1, 0.15) is 19.4 Å². The van der Waals surface area contributed by atoms with E-state index in [0.717, 1.165) is 16.5 Å². The maximum absolute atomic E-state index is 11.6. The van der Waals surface area contributed by atoms with Crippen molar-refractivity contribution in [3.63, 3.8) is 0 Å². The molecule has 1 aromatic heterocycles. The van der Waals surface area contributed by atoms with Crippen molar-refractivity contribution in [1.82, 2.24) is 10.4 Å². The Kier molecular flexibility index (Phi) is 4.42. The molecule has 5 nitrogen and oxygen atoms in total. The fraction of sp³-hybridized carbons (Fsp3) is 0.267. The minimum Gasteiger partial charge on any atom is -0.320 e. The fourth-order valence-electron chi connectivity index (χ4n) is 1.72. The molecule has 0 fully saturated rings. The summed E-state index contributed by atoms with van der Waals surface area (Å²) in [6, 6.07) is 9.08. The van der Waals surface area contributed by atoms with E-state index in [-0.39, 0.29) is 11.8 Å². The summed E-state index contributed by atoms with van der Waals surface area (Å²) >= 11 is 0.